The quantitative estimate of drug-likeness (QED) is 0.397. The summed E-state index contributed by atoms with van der Waals surface area (Å²) in [6.45, 7) is 11.4. The summed E-state index contributed by atoms with van der Waals surface area (Å²) in [5.41, 5.74) is 5.92. The summed E-state index contributed by atoms with van der Waals surface area (Å²) in [6, 6.07) is 5.13. The molecule has 3 heteroatoms. The number of aryl methyl sites for hydroxylation is 1. The first-order valence-electron chi connectivity index (χ1n) is 11.2. The van der Waals surface area contributed by atoms with Crippen molar-refractivity contribution in [1.82, 2.24) is 0 Å². The molecule has 0 fully saturated rings. The van der Waals surface area contributed by atoms with E-state index in [4.69, 9.17) is 9.84 Å². The average Bonchev–Trinajstić information content (AvgIpc) is 2.66. The molecule has 0 amide bonds. The van der Waals surface area contributed by atoms with E-state index < -0.39 is 5.97 Å². The highest BCUT2D eigenvalue weighted by Crippen LogP contribution is 2.42. The van der Waals surface area contributed by atoms with E-state index in [1.807, 2.05) is 0 Å². The topological polar surface area (TPSA) is 46.5 Å². The van der Waals surface area contributed by atoms with Gasteiger partial charge in [-0.3, -0.25) is 0 Å². The lowest BCUT2D eigenvalue weighted by atomic mass is 9.71. The Hall–Kier alpha value is -2.29. The van der Waals surface area contributed by atoms with Gasteiger partial charge in [-0.05, 0) is 101 Å². The van der Waals surface area contributed by atoms with Gasteiger partial charge in [-0.1, -0.05) is 42.7 Å². The predicted octanol–water partition coefficient (Wildman–Crippen LogP) is 7.28. The van der Waals surface area contributed by atoms with Crippen LogP contribution >= 0.6 is 0 Å². The van der Waals surface area contributed by atoms with E-state index in [1.165, 1.54) is 24.8 Å². The minimum Gasteiger partial charge on any atom is -0.483 e. The molecule has 1 aliphatic heterocycles. The Bertz CT molecular complexity index is 901. The van der Waals surface area contributed by atoms with Crippen LogP contribution in [0.25, 0.3) is 0 Å². The van der Waals surface area contributed by atoms with Crippen molar-refractivity contribution >= 4 is 5.97 Å². The Kier molecular flexibility index (Phi) is 6.59. The zero-order valence-electron chi connectivity index (χ0n) is 19.2. The number of allylic oxidation sites excluding steroid dienone is 5. The molecule has 2 aliphatic rings. The summed E-state index contributed by atoms with van der Waals surface area (Å²) in [7, 11) is 0. The molecule has 3 rings (SSSR count). The van der Waals surface area contributed by atoms with Crippen molar-refractivity contribution in [3.8, 4) is 5.75 Å². The largest absolute Gasteiger partial charge is 0.483 e. The van der Waals surface area contributed by atoms with E-state index in [-0.39, 0.29) is 5.60 Å². The SMILES string of the molecule is CC1=C(CC/C(C)=C/C=C/[C@@]2(C)CCc3cc(C(=O)O)ccc3O2)C(C)(C)CCC1. The van der Waals surface area contributed by atoms with Gasteiger partial charge in [0.25, 0.3) is 0 Å². The van der Waals surface area contributed by atoms with Crippen molar-refractivity contribution < 1.29 is 14.6 Å². The van der Waals surface area contributed by atoms with Crippen molar-refractivity contribution in [1.29, 1.82) is 0 Å². The Morgan fingerprint density at radius 2 is 1.97 bits per heavy atom. The van der Waals surface area contributed by atoms with Gasteiger partial charge in [0.2, 0.25) is 0 Å². The highest BCUT2D eigenvalue weighted by molar-refractivity contribution is 5.88. The number of fused-ring (bicyclic) bond motifs is 1. The third kappa shape index (κ3) is 5.24. The van der Waals surface area contributed by atoms with Crippen molar-refractivity contribution in [3.05, 3.63) is 64.3 Å². The summed E-state index contributed by atoms with van der Waals surface area (Å²) >= 11 is 0. The summed E-state index contributed by atoms with van der Waals surface area (Å²) in [4.78, 5) is 11.2. The fourth-order valence-corrected chi connectivity index (χ4v) is 4.86. The molecule has 0 saturated heterocycles. The number of carboxylic acid groups (broad SMARTS) is 1. The van der Waals surface area contributed by atoms with Crippen LogP contribution in [0.2, 0.25) is 0 Å². The third-order valence-corrected chi connectivity index (χ3v) is 6.83. The van der Waals surface area contributed by atoms with Crippen molar-refractivity contribution in [2.24, 2.45) is 5.41 Å². The molecule has 0 aromatic heterocycles. The lowest BCUT2D eigenvalue weighted by Crippen LogP contribution is -2.34. The number of aromatic carboxylic acids is 1. The first-order valence-corrected chi connectivity index (χ1v) is 11.2. The van der Waals surface area contributed by atoms with Crippen molar-refractivity contribution in [2.45, 2.75) is 85.2 Å². The van der Waals surface area contributed by atoms with Crippen LogP contribution in [0, 0.1) is 5.41 Å². The van der Waals surface area contributed by atoms with Crippen LogP contribution in [0.4, 0.5) is 0 Å². The van der Waals surface area contributed by atoms with Crippen LogP contribution in [-0.4, -0.2) is 16.7 Å². The van der Waals surface area contributed by atoms with Gasteiger partial charge in [0.05, 0.1) is 5.56 Å². The van der Waals surface area contributed by atoms with Crippen molar-refractivity contribution in [3.63, 3.8) is 0 Å². The molecule has 30 heavy (non-hydrogen) atoms. The third-order valence-electron chi connectivity index (χ3n) is 6.83. The van der Waals surface area contributed by atoms with E-state index in [2.05, 4.69) is 52.8 Å². The van der Waals surface area contributed by atoms with E-state index in [0.29, 0.717) is 11.0 Å². The van der Waals surface area contributed by atoms with Crippen LogP contribution in [0.1, 0.15) is 89.1 Å². The molecule has 3 nitrogen and oxygen atoms in total. The minimum absolute atomic E-state index is 0.321. The Morgan fingerprint density at radius 3 is 2.67 bits per heavy atom. The molecule has 162 valence electrons. The molecule has 1 heterocycles. The molecule has 0 radical (unpaired) electrons. The van der Waals surface area contributed by atoms with E-state index >= 15 is 0 Å². The summed E-state index contributed by atoms with van der Waals surface area (Å²) in [6.07, 6.45) is 14.3. The minimum atomic E-state index is -0.894. The number of hydrogen-bond donors (Lipinski definition) is 1. The van der Waals surface area contributed by atoms with Gasteiger partial charge >= 0.3 is 5.97 Å². The Balaban J connectivity index is 1.61. The molecule has 0 spiro atoms. The average molecular weight is 409 g/mol. The number of carbonyl (C=O) groups is 1. The smallest absolute Gasteiger partial charge is 0.335 e. The van der Waals surface area contributed by atoms with Crippen LogP contribution in [0.15, 0.2) is 53.1 Å². The van der Waals surface area contributed by atoms with Gasteiger partial charge in [-0.2, -0.15) is 0 Å². The molecule has 1 atom stereocenters. The Morgan fingerprint density at radius 1 is 1.20 bits per heavy atom. The van der Waals surface area contributed by atoms with Crippen LogP contribution in [-0.2, 0) is 6.42 Å². The van der Waals surface area contributed by atoms with Crippen LogP contribution in [0.5, 0.6) is 5.75 Å². The zero-order chi connectivity index (χ0) is 21.9. The number of carboxylic acids is 1. The maximum absolute atomic E-state index is 11.2. The predicted molar refractivity (Wildman–Crippen MR) is 123 cm³/mol. The van der Waals surface area contributed by atoms with E-state index in [1.54, 1.807) is 29.3 Å². The number of ether oxygens (including phenoxy) is 1. The molecule has 1 aliphatic carbocycles. The summed E-state index contributed by atoms with van der Waals surface area (Å²) < 4.78 is 6.22. The zero-order valence-corrected chi connectivity index (χ0v) is 19.2. The fraction of sp³-hybridized carbons (Fsp3) is 0.519. The molecular formula is C27H36O3. The van der Waals surface area contributed by atoms with Crippen LogP contribution in [0.3, 0.4) is 0 Å². The fourth-order valence-electron chi connectivity index (χ4n) is 4.86. The van der Waals surface area contributed by atoms with E-state index in [0.717, 1.165) is 37.0 Å². The summed E-state index contributed by atoms with van der Waals surface area (Å²) in [5, 5.41) is 9.17. The molecule has 0 saturated carbocycles. The second-order valence-corrected chi connectivity index (χ2v) is 9.91. The summed E-state index contributed by atoms with van der Waals surface area (Å²) in [5.74, 6) is -0.102. The molecule has 0 unspecified atom stereocenters. The molecule has 1 aromatic carbocycles. The molecule has 0 bridgehead atoms. The molecule has 1 N–H and O–H groups in total. The first kappa shape index (κ1) is 22.4. The standard InChI is InChI=1S/C27H36O3/c1-19(10-12-23-20(2)9-7-15-26(23,3)4)8-6-16-27(5)17-14-21-18-22(25(28)29)11-13-24(21)30-27/h6,8,11,13,16,18H,7,9-10,12,14-15,17H2,1-5H3,(H,28,29)/b16-6+,19-8+/t27-/m0/s1. The van der Waals surface area contributed by atoms with Crippen molar-refractivity contribution in [2.75, 3.05) is 0 Å². The maximum Gasteiger partial charge on any atom is 0.335 e. The Labute approximate surface area is 181 Å². The lowest BCUT2D eigenvalue weighted by Gasteiger charge is -2.35. The monoisotopic (exact) mass is 408 g/mol. The normalized spacial score (nSPS) is 24.0. The highest BCUT2D eigenvalue weighted by Gasteiger charge is 2.29. The van der Waals surface area contributed by atoms with Gasteiger partial charge in [-0.15, -0.1) is 0 Å². The molecule has 1 aromatic rings. The van der Waals surface area contributed by atoms with Crippen LogP contribution < -0.4 is 4.74 Å². The maximum atomic E-state index is 11.2. The second kappa shape index (κ2) is 8.83. The van der Waals surface area contributed by atoms with Gasteiger partial charge in [0.1, 0.15) is 11.4 Å². The van der Waals surface area contributed by atoms with Gasteiger partial charge in [-0.25, -0.2) is 4.79 Å². The molecular weight excluding hydrogens is 372 g/mol. The number of benzene rings is 1. The van der Waals surface area contributed by atoms with Gasteiger partial charge in [0, 0.05) is 0 Å². The van der Waals surface area contributed by atoms with Gasteiger partial charge in [0.15, 0.2) is 0 Å². The van der Waals surface area contributed by atoms with E-state index in [9.17, 15) is 4.79 Å². The number of hydrogen-bond acceptors (Lipinski definition) is 2. The highest BCUT2D eigenvalue weighted by atomic mass is 16.5. The van der Waals surface area contributed by atoms with Gasteiger partial charge < -0.3 is 9.84 Å². The first-order chi connectivity index (χ1) is 14.1. The number of rotatable bonds is 6. The lowest BCUT2D eigenvalue weighted by molar-refractivity contribution is 0.0696. The second-order valence-electron chi connectivity index (χ2n) is 9.91.